The number of carbonyl (C=O) groups is 3. The van der Waals surface area contributed by atoms with E-state index in [9.17, 15) is 14.4 Å². The average Bonchev–Trinajstić information content (AvgIpc) is 2.85. The molecule has 9 nitrogen and oxygen atoms in total. The molecule has 1 unspecified atom stereocenters. The van der Waals surface area contributed by atoms with E-state index in [2.05, 4.69) is 10.3 Å². The SMILES string of the molecule is CCC(/C=C(\N)NC(=O)CN1CCCC(C=O)=C1C(=O)N(C)C(C)CC)=C(/N)c1cccnc1. The lowest BCUT2D eigenvalue weighted by Gasteiger charge is -2.34. The van der Waals surface area contributed by atoms with Gasteiger partial charge in [-0.15, -0.1) is 0 Å². The number of nitrogens with two attached hydrogens (primary N) is 2. The highest BCUT2D eigenvalue weighted by atomic mass is 16.2. The van der Waals surface area contributed by atoms with Crippen LogP contribution in [0, 0.1) is 0 Å². The van der Waals surface area contributed by atoms with Gasteiger partial charge >= 0.3 is 0 Å². The summed E-state index contributed by atoms with van der Waals surface area (Å²) in [6.45, 7) is 6.28. The standard InChI is InChI=1S/C25H36N6O3/c1-5-17(3)30(4)25(34)24-20(16-32)10-8-12-31(24)15-22(33)29-21(26)13-18(6-2)23(27)19-9-7-11-28-14-19/h7,9,11,13-14,16-17H,5-6,8,10,12,15,26-27H2,1-4H3,(H,29,33)/b21-13+,23-18-. The van der Waals surface area contributed by atoms with E-state index in [0.29, 0.717) is 37.1 Å². The second-order valence-electron chi connectivity index (χ2n) is 8.37. The zero-order valence-electron chi connectivity index (χ0n) is 20.5. The Hall–Kier alpha value is -3.62. The van der Waals surface area contributed by atoms with Crippen LogP contribution in [-0.2, 0) is 14.4 Å². The first-order chi connectivity index (χ1) is 16.2. The van der Waals surface area contributed by atoms with Gasteiger partial charge in [0.15, 0.2) is 0 Å². The van der Waals surface area contributed by atoms with Gasteiger partial charge in [-0.3, -0.25) is 19.4 Å². The summed E-state index contributed by atoms with van der Waals surface area (Å²) in [6.07, 6.45) is 8.26. The van der Waals surface area contributed by atoms with Gasteiger partial charge in [-0.2, -0.15) is 0 Å². The molecule has 34 heavy (non-hydrogen) atoms. The molecule has 0 saturated heterocycles. The van der Waals surface area contributed by atoms with Crippen LogP contribution in [0.3, 0.4) is 0 Å². The van der Waals surface area contributed by atoms with Gasteiger partial charge in [0.25, 0.3) is 5.91 Å². The molecular weight excluding hydrogens is 432 g/mol. The van der Waals surface area contributed by atoms with E-state index >= 15 is 0 Å². The van der Waals surface area contributed by atoms with E-state index in [-0.39, 0.29) is 35.9 Å². The molecule has 2 heterocycles. The fraction of sp³-hybridized carbons (Fsp3) is 0.440. The van der Waals surface area contributed by atoms with Gasteiger partial charge < -0.3 is 26.6 Å². The van der Waals surface area contributed by atoms with E-state index in [0.717, 1.165) is 23.8 Å². The molecular formula is C25H36N6O3. The molecule has 9 heteroatoms. The molecule has 0 radical (unpaired) electrons. The number of hydrogen-bond donors (Lipinski definition) is 3. The minimum absolute atomic E-state index is 0.00797. The van der Waals surface area contributed by atoms with E-state index < -0.39 is 0 Å². The zero-order chi connectivity index (χ0) is 25.3. The zero-order valence-corrected chi connectivity index (χ0v) is 20.5. The van der Waals surface area contributed by atoms with Crippen molar-refractivity contribution in [2.24, 2.45) is 11.5 Å². The fourth-order valence-electron chi connectivity index (χ4n) is 3.76. The van der Waals surface area contributed by atoms with Crippen molar-refractivity contribution in [2.75, 3.05) is 20.1 Å². The molecule has 1 aliphatic heterocycles. The van der Waals surface area contributed by atoms with Crippen molar-refractivity contribution in [3.63, 3.8) is 0 Å². The lowest BCUT2D eigenvalue weighted by molar-refractivity contribution is -0.130. The van der Waals surface area contributed by atoms with Crippen molar-refractivity contribution in [1.29, 1.82) is 0 Å². The normalized spacial score (nSPS) is 16.0. The number of amides is 2. The van der Waals surface area contributed by atoms with Crippen molar-refractivity contribution in [3.05, 3.63) is 58.8 Å². The third kappa shape index (κ3) is 6.69. The summed E-state index contributed by atoms with van der Waals surface area (Å²) >= 11 is 0. The molecule has 0 spiro atoms. The van der Waals surface area contributed by atoms with Crippen LogP contribution in [0.25, 0.3) is 5.70 Å². The lowest BCUT2D eigenvalue weighted by atomic mass is 10.0. The number of nitrogens with zero attached hydrogens (tertiary/aromatic N) is 3. The molecule has 1 aromatic heterocycles. The van der Waals surface area contributed by atoms with Gasteiger partial charge in [0.2, 0.25) is 5.91 Å². The molecule has 5 N–H and O–H groups in total. The van der Waals surface area contributed by atoms with Gasteiger partial charge in [0.05, 0.1) is 6.54 Å². The Morgan fingerprint density at radius 1 is 1.32 bits per heavy atom. The van der Waals surface area contributed by atoms with Crippen LogP contribution in [0.15, 0.2) is 53.3 Å². The molecule has 0 aromatic carbocycles. The number of nitrogens with one attached hydrogen (secondary N) is 1. The highest BCUT2D eigenvalue weighted by Crippen LogP contribution is 2.23. The summed E-state index contributed by atoms with van der Waals surface area (Å²) < 4.78 is 0. The Morgan fingerprint density at radius 2 is 2.06 bits per heavy atom. The van der Waals surface area contributed by atoms with Gasteiger partial charge in [-0.1, -0.05) is 13.8 Å². The number of allylic oxidation sites excluding steroid dienone is 3. The Morgan fingerprint density at radius 3 is 2.65 bits per heavy atom. The first-order valence-electron chi connectivity index (χ1n) is 11.6. The summed E-state index contributed by atoms with van der Waals surface area (Å²) in [5, 5.41) is 2.67. The molecule has 0 fully saturated rings. The van der Waals surface area contributed by atoms with Gasteiger partial charge in [0, 0.05) is 48.9 Å². The van der Waals surface area contributed by atoms with E-state index in [1.807, 2.05) is 26.8 Å². The second kappa shape index (κ2) is 12.6. The number of likely N-dealkylation sites (N-methyl/N-ethyl adjacent to an activating group) is 1. The number of aldehydes is 1. The van der Waals surface area contributed by atoms with Crippen molar-refractivity contribution in [3.8, 4) is 0 Å². The van der Waals surface area contributed by atoms with Crippen LogP contribution >= 0.6 is 0 Å². The Balaban J connectivity index is 2.19. The molecule has 0 saturated carbocycles. The van der Waals surface area contributed by atoms with Crippen LogP contribution in [0.4, 0.5) is 0 Å². The van der Waals surface area contributed by atoms with Gasteiger partial charge in [-0.05, 0) is 56.4 Å². The highest BCUT2D eigenvalue weighted by Gasteiger charge is 2.30. The molecule has 2 amide bonds. The van der Waals surface area contributed by atoms with Crippen molar-refractivity contribution in [2.45, 2.75) is 52.5 Å². The van der Waals surface area contributed by atoms with Crippen molar-refractivity contribution in [1.82, 2.24) is 20.1 Å². The number of aromatic nitrogens is 1. The summed E-state index contributed by atoms with van der Waals surface area (Å²) in [6, 6.07) is 3.65. The summed E-state index contributed by atoms with van der Waals surface area (Å²) in [5.74, 6) is -0.490. The molecule has 0 bridgehead atoms. The average molecular weight is 469 g/mol. The van der Waals surface area contributed by atoms with Crippen LogP contribution < -0.4 is 16.8 Å². The van der Waals surface area contributed by atoms with E-state index in [1.165, 1.54) is 0 Å². The predicted octanol–water partition coefficient (Wildman–Crippen LogP) is 1.88. The lowest BCUT2D eigenvalue weighted by Crippen LogP contribution is -2.46. The summed E-state index contributed by atoms with van der Waals surface area (Å²) in [7, 11) is 1.71. The predicted molar refractivity (Wildman–Crippen MR) is 132 cm³/mol. The first kappa shape index (κ1) is 26.6. The second-order valence-corrected chi connectivity index (χ2v) is 8.37. The largest absolute Gasteiger partial charge is 0.398 e. The van der Waals surface area contributed by atoms with Crippen LogP contribution in [0.2, 0.25) is 0 Å². The number of pyridine rings is 1. The monoisotopic (exact) mass is 468 g/mol. The molecule has 0 aliphatic carbocycles. The van der Waals surface area contributed by atoms with E-state index in [1.54, 1.807) is 41.4 Å². The minimum atomic E-state index is -0.382. The minimum Gasteiger partial charge on any atom is -0.398 e. The maximum atomic E-state index is 13.2. The number of rotatable bonds is 10. The summed E-state index contributed by atoms with van der Waals surface area (Å²) in [4.78, 5) is 45.0. The van der Waals surface area contributed by atoms with Gasteiger partial charge in [0.1, 0.15) is 17.8 Å². The van der Waals surface area contributed by atoms with Crippen molar-refractivity contribution < 1.29 is 14.4 Å². The Bertz CT molecular complexity index is 984. The number of hydrogen-bond acceptors (Lipinski definition) is 7. The fourth-order valence-corrected chi connectivity index (χ4v) is 3.76. The smallest absolute Gasteiger partial charge is 0.270 e. The van der Waals surface area contributed by atoms with Crippen LogP contribution in [0.5, 0.6) is 0 Å². The quantitative estimate of drug-likeness (QED) is 0.352. The Labute approximate surface area is 201 Å². The maximum Gasteiger partial charge on any atom is 0.270 e. The highest BCUT2D eigenvalue weighted by molar-refractivity contribution is 5.99. The molecule has 1 aromatic rings. The van der Waals surface area contributed by atoms with Crippen LogP contribution in [-0.4, -0.2) is 59.1 Å². The molecule has 2 rings (SSSR count). The molecule has 1 atom stereocenters. The maximum absolute atomic E-state index is 13.2. The molecule has 184 valence electrons. The van der Waals surface area contributed by atoms with Crippen molar-refractivity contribution >= 4 is 23.8 Å². The summed E-state index contributed by atoms with van der Waals surface area (Å²) in [5.41, 5.74) is 15.1. The third-order valence-corrected chi connectivity index (χ3v) is 6.06. The van der Waals surface area contributed by atoms with Crippen LogP contribution in [0.1, 0.15) is 52.0 Å². The first-order valence-corrected chi connectivity index (χ1v) is 11.6. The van der Waals surface area contributed by atoms with Gasteiger partial charge in [-0.25, -0.2) is 0 Å². The third-order valence-electron chi connectivity index (χ3n) is 6.06. The topological polar surface area (TPSA) is 135 Å². The van der Waals surface area contributed by atoms with E-state index in [4.69, 9.17) is 11.5 Å². The Kier molecular flexibility index (Phi) is 9.85. The number of carbonyl (C=O) groups excluding carboxylic acids is 3. The molecule has 1 aliphatic rings.